The second-order valence-electron chi connectivity index (χ2n) is 9.28. The molecule has 202 valence electrons. The van der Waals surface area contributed by atoms with E-state index in [0.29, 0.717) is 42.6 Å². The first kappa shape index (κ1) is 27.2. The van der Waals surface area contributed by atoms with Crippen LogP contribution in [-0.2, 0) is 19.0 Å². The number of methoxy groups -OCH3 is 1. The van der Waals surface area contributed by atoms with Gasteiger partial charge >= 0.3 is 6.18 Å². The molecule has 2 N–H and O–H groups in total. The Morgan fingerprint density at radius 3 is 2.47 bits per heavy atom. The third-order valence-electron chi connectivity index (χ3n) is 6.13. The van der Waals surface area contributed by atoms with Crippen molar-refractivity contribution in [1.82, 2.24) is 20.2 Å². The van der Waals surface area contributed by atoms with Gasteiger partial charge < -0.3 is 25.0 Å². The largest absolute Gasteiger partial charge is 0.495 e. The van der Waals surface area contributed by atoms with Crippen LogP contribution < -0.4 is 20.1 Å². The van der Waals surface area contributed by atoms with Crippen LogP contribution >= 0.6 is 0 Å². The van der Waals surface area contributed by atoms with Crippen LogP contribution in [0.4, 0.5) is 24.8 Å². The van der Waals surface area contributed by atoms with Crippen LogP contribution in [0.1, 0.15) is 33.5 Å². The lowest BCUT2D eigenvalue weighted by Crippen LogP contribution is -2.27. The molecule has 0 unspecified atom stereocenters. The maximum atomic E-state index is 13.7. The number of carbonyl (C=O) groups is 1. The molecule has 0 fully saturated rings. The summed E-state index contributed by atoms with van der Waals surface area (Å²) in [7, 11) is 5.35. The predicted octanol–water partition coefficient (Wildman–Crippen LogP) is 4.48. The zero-order valence-corrected chi connectivity index (χ0v) is 21.4. The Hall–Kier alpha value is -3.86. The Balaban J connectivity index is 1.50. The minimum Gasteiger partial charge on any atom is -0.495 e. The number of fused-ring (bicyclic) bond motifs is 1. The van der Waals surface area contributed by atoms with Gasteiger partial charge in [-0.15, -0.1) is 0 Å². The molecule has 0 saturated heterocycles. The van der Waals surface area contributed by atoms with Gasteiger partial charge in [-0.25, -0.2) is 4.98 Å². The summed E-state index contributed by atoms with van der Waals surface area (Å²) in [6.07, 6.45) is -2.66. The lowest BCUT2D eigenvalue weighted by atomic mass is 10.1. The number of hydrogen-bond acceptors (Lipinski definition) is 7. The first-order valence-corrected chi connectivity index (χ1v) is 12.2. The summed E-state index contributed by atoms with van der Waals surface area (Å²) in [5.41, 5.74) is 1.81. The van der Waals surface area contributed by atoms with Crippen LogP contribution in [0.3, 0.4) is 0 Å². The maximum absolute atomic E-state index is 13.7. The van der Waals surface area contributed by atoms with Gasteiger partial charge in [-0.05, 0) is 56.4 Å². The molecule has 0 spiro atoms. The summed E-state index contributed by atoms with van der Waals surface area (Å²) in [6.45, 7) is 1.37. The number of alkyl halides is 3. The molecule has 1 aliphatic rings. The normalized spacial score (nSPS) is 13.3. The molecule has 11 heteroatoms. The highest BCUT2D eigenvalue weighted by atomic mass is 19.4. The Kier molecular flexibility index (Phi) is 8.35. The van der Waals surface area contributed by atoms with Crippen molar-refractivity contribution in [2.75, 3.05) is 39.6 Å². The molecule has 38 heavy (non-hydrogen) atoms. The molecular weight excluding hydrogens is 499 g/mol. The van der Waals surface area contributed by atoms with Crippen molar-refractivity contribution in [3.63, 3.8) is 0 Å². The fourth-order valence-electron chi connectivity index (χ4n) is 4.23. The van der Waals surface area contributed by atoms with Gasteiger partial charge in [0, 0.05) is 31.1 Å². The van der Waals surface area contributed by atoms with Crippen LogP contribution in [-0.4, -0.2) is 61.2 Å². The highest BCUT2D eigenvalue weighted by molar-refractivity contribution is 5.95. The monoisotopic (exact) mass is 529 g/mol. The van der Waals surface area contributed by atoms with E-state index in [9.17, 15) is 18.0 Å². The lowest BCUT2D eigenvalue weighted by Gasteiger charge is -2.18. The average Bonchev–Trinajstić information content (AvgIpc) is 3.28. The first-order valence-electron chi connectivity index (χ1n) is 12.2. The van der Waals surface area contributed by atoms with E-state index in [1.165, 1.54) is 7.11 Å². The molecule has 0 atom stereocenters. The van der Waals surface area contributed by atoms with E-state index in [1.807, 2.05) is 43.3 Å². The van der Waals surface area contributed by atoms with Crippen molar-refractivity contribution < 1.29 is 27.4 Å². The molecule has 4 rings (SSSR count). The number of anilines is 2. The number of amides is 1. The topological polar surface area (TPSA) is 88.6 Å². The summed E-state index contributed by atoms with van der Waals surface area (Å²) >= 11 is 0. The number of ether oxygens (including phenoxy) is 2. The van der Waals surface area contributed by atoms with Gasteiger partial charge in [0.2, 0.25) is 11.8 Å². The summed E-state index contributed by atoms with van der Waals surface area (Å²) in [5, 5.41) is 5.74. The number of carbonyl (C=O) groups excluding carboxylic acids is 1. The molecule has 0 radical (unpaired) electrons. The second kappa shape index (κ2) is 11.7. The van der Waals surface area contributed by atoms with E-state index in [-0.39, 0.29) is 11.9 Å². The number of aromatic nitrogens is 2. The van der Waals surface area contributed by atoms with E-state index in [1.54, 1.807) is 18.2 Å². The van der Waals surface area contributed by atoms with Crippen molar-refractivity contribution in [2.45, 2.75) is 31.5 Å². The van der Waals surface area contributed by atoms with Gasteiger partial charge in [0.15, 0.2) is 0 Å². The average molecular weight is 530 g/mol. The van der Waals surface area contributed by atoms with E-state index in [0.717, 1.165) is 24.1 Å². The van der Waals surface area contributed by atoms with Crippen LogP contribution in [0.25, 0.3) is 0 Å². The standard InChI is InChI=1S/C27H30F3N5O3/c1-35(2)12-6-11-31-24(36)19-9-10-22(23(15-19)37-3)33-26-32-16-21(27(28,29)30)25(34-26)38-20-13-17-7-4-5-8-18(17)14-20/h4-5,7-10,15-16,20H,6,11-14H2,1-3H3,(H,31,36)(H,32,33,34). The van der Waals surface area contributed by atoms with Gasteiger partial charge in [-0.1, -0.05) is 24.3 Å². The number of benzene rings is 2. The predicted molar refractivity (Wildman–Crippen MR) is 137 cm³/mol. The fourth-order valence-corrected chi connectivity index (χ4v) is 4.23. The van der Waals surface area contributed by atoms with E-state index >= 15 is 0 Å². The van der Waals surface area contributed by atoms with Gasteiger partial charge in [-0.2, -0.15) is 18.2 Å². The zero-order chi connectivity index (χ0) is 27.3. The number of nitrogens with one attached hydrogen (secondary N) is 2. The third kappa shape index (κ3) is 6.71. The SMILES string of the molecule is COc1cc(C(=O)NCCCN(C)C)ccc1Nc1ncc(C(F)(F)F)c(OC2Cc3ccccc3C2)n1. The summed E-state index contributed by atoms with van der Waals surface area (Å²) in [4.78, 5) is 22.4. The van der Waals surface area contributed by atoms with Crippen molar-refractivity contribution >= 4 is 17.5 Å². The molecule has 1 aromatic heterocycles. The lowest BCUT2D eigenvalue weighted by molar-refractivity contribution is -0.139. The van der Waals surface area contributed by atoms with Crippen LogP contribution in [0.15, 0.2) is 48.7 Å². The highest BCUT2D eigenvalue weighted by Crippen LogP contribution is 2.37. The molecule has 1 aliphatic carbocycles. The van der Waals surface area contributed by atoms with Crippen molar-refractivity contribution in [3.8, 4) is 11.6 Å². The summed E-state index contributed by atoms with van der Waals surface area (Å²) in [5.74, 6) is -0.584. The summed E-state index contributed by atoms with van der Waals surface area (Å²) < 4.78 is 52.2. The molecular formula is C27H30F3N5O3. The summed E-state index contributed by atoms with van der Waals surface area (Å²) in [6, 6.07) is 12.4. The minimum atomic E-state index is -4.68. The zero-order valence-electron chi connectivity index (χ0n) is 21.4. The van der Waals surface area contributed by atoms with Crippen molar-refractivity contribution in [2.24, 2.45) is 0 Å². The van der Waals surface area contributed by atoms with Crippen LogP contribution in [0, 0.1) is 0 Å². The number of hydrogen-bond donors (Lipinski definition) is 2. The molecule has 1 heterocycles. The fraction of sp³-hybridized carbons (Fsp3) is 0.370. The quantitative estimate of drug-likeness (QED) is 0.375. The Morgan fingerprint density at radius 1 is 1.13 bits per heavy atom. The van der Waals surface area contributed by atoms with Crippen LogP contribution in [0.5, 0.6) is 11.6 Å². The van der Waals surface area contributed by atoms with Gasteiger partial charge in [-0.3, -0.25) is 4.79 Å². The van der Waals surface area contributed by atoms with Crippen molar-refractivity contribution in [1.29, 1.82) is 0 Å². The third-order valence-corrected chi connectivity index (χ3v) is 6.13. The molecule has 8 nitrogen and oxygen atoms in total. The molecule has 3 aromatic rings. The van der Waals surface area contributed by atoms with E-state index < -0.39 is 23.7 Å². The Bertz CT molecular complexity index is 1260. The maximum Gasteiger partial charge on any atom is 0.423 e. The van der Waals surface area contributed by atoms with E-state index in [4.69, 9.17) is 9.47 Å². The highest BCUT2D eigenvalue weighted by Gasteiger charge is 2.37. The first-order chi connectivity index (χ1) is 18.1. The van der Waals surface area contributed by atoms with Gasteiger partial charge in [0.05, 0.1) is 12.8 Å². The smallest absolute Gasteiger partial charge is 0.423 e. The van der Waals surface area contributed by atoms with Gasteiger partial charge in [0.1, 0.15) is 17.4 Å². The molecule has 0 saturated carbocycles. The molecule has 0 aliphatic heterocycles. The second-order valence-corrected chi connectivity index (χ2v) is 9.28. The van der Waals surface area contributed by atoms with Gasteiger partial charge in [0.25, 0.3) is 5.91 Å². The van der Waals surface area contributed by atoms with Crippen LogP contribution in [0.2, 0.25) is 0 Å². The molecule has 1 amide bonds. The Morgan fingerprint density at radius 2 is 1.84 bits per heavy atom. The molecule has 2 aromatic carbocycles. The van der Waals surface area contributed by atoms with Crippen molar-refractivity contribution in [3.05, 3.63) is 70.9 Å². The Labute approximate surface area is 219 Å². The number of rotatable bonds is 10. The number of nitrogens with zero attached hydrogens (tertiary/aromatic N) is 3. The van der Waals surface area contributed by atoms with E-state index in [2.05, 4.69) is 20.6 Å². The number of halogens is 3. The molecule has 0 bridgehead atoms. The minimum absolute atomic E-state index is 0.0947.